The standard InChI is InChI=1S/C22H24N2O6/c1-22(2,3)15-10-8-14(9-11-15)21(27)29-13-19(25)23-24-20(26)18-12-28-16-6-4-5-7-17(16)30-18/h4-11,18H,12-13H2,1-3H3,(H,23,25)(H,24,26)/t18-/m0/s1. The Hall–Kier alpha value is -3.55. The monoisotopic (exact) mass is 412 g/mol. The third kappa shape index (κ3) is 5.28. The number of carbonyl (C=O) groups excluding carboxylic acids is 3. The summed E-state index contributed by atoms with van der Waals surface area (Å²) in [4.78, 5) is 36.1. The fourth-order valence-electron chi connectivity index (χ4n) is 2.72. The van der Waals surface area contributed by atoms with Crippen LogP contribution in [0.1, 0.15) is 36.7 Å². The normalized spacial score (nSPS) is 15.1. The van der Waals surface area contributed by atoms with Gasteiger partial charge in [-0.15, -0.1) is 0 Å². The lowest BCUT2D eigenvalue weighted by atomic mass is 9.87. The van der Waals surface area contributed by atoms with Crippen molar-refractivity contribution in [1.29, 1.82) is 0 Å². The van der Waals surface area contributed by atoms with E-state index in [4.69, 9.17) is 14.2 Å². The van der Waals surface area contributed by atoms with Crippen LogP contribution >= 0.6 is 0 Å². The highest BCUT2D eigenvalue weighted by Gasteiger charge is 2.27. The van der Waals surface area contributed by atoms with Gasteiger partial charge in [-0.05, 0) is 35.2 Å². The first-order valence-corrected chi connectivity index (χ1v) is 9.49. The first kappa shape index (κ1) is 21.2. The molecule has 1 aliphatic heterocycles. The SMILES string of the molecule is CC(C)(C)c1ccc(C(=O)OCC(=O)NNC(=O)[C@@H]2COc3ccccc3O2)cc1. The average molecular weight is 412 g/mol. The minimum atomic E-state index is -0.913. The van der Waals surface area contributed by atoms with Gasteiger partial charge in [0.1, 0.15) is 6.61 Å². The molecule has 158 valence electrons. The van der Waals surface area contributed by atoms with Gasteiger partial charge in [0.2, 0.25) is 6.10 Å². The Kier molecular flexibility index (Phi) is 6.25. The van der Waals surface area contributed by atoms with Gasteiger partial charge >= 0.3 is 5.97 Å². The molecule has 8 nitrogen and oxygen atoms in total. The maximum atomic E-state index is 12.1. The highest BCUT2D eigenvalue weighted by atomic mass is 16.6. The summed E-state index contributed by atoms with van der Waals surface area (Å²) in [6.07, 6.45) is -0.913. The first-order valence-electron chi connectivity index (χ1n) is 9.49. The molecular formula is C22H24N2O6. The Morgan fingerprint density at radius 1 is 1.00 bits per heavy atom. The number of para-hydroxylation sites is 2. The summed E-state index contributed by atoms with van der Waals surface area (Å²) < 4.78 is 16.0. The third-order valence-corrected chi connectivity index (χ3v) is 4.45. The van der Waals surface area contributed by atoms with Crippen molar-refractivity contribution in [3.63, 3.8) is 0 Å². The maximum absolute atomic E-state index is 12.1. The van der Waals surface area contributed by atoms with Crippen LogP contribution in [0.4, 0.5) is 0 Å². The quantitative estimate of drug-likeness (QED) is 0.589. The van der Waals surface area contributed by atoms with Crippen molar-refractivity contribution >= 4 is 17.8 Å². The van der Waals surface area contributed by atoms with Crippen molar-refractivity contribution in [2.24, 2.45) is 0 Å². The van der Waals surface area contributed by atoms with Crippen molar-refractivity contribution in [2.45, 2.75) is 32.3 Å². The average Bonchev–Trinajstić information content (AvgIpc) is 2.74. The number of amides is 2. The number of esters is 1. The summed E-state index contributed by atoms with van der Waals surface area (Å²) in [6, 6.07) is 14.0. The van der Waals surface area contributed by atoms with Crippen LogP contribution in [-0.2, 0) is 19.7 Å². The van der Waals surface area contributed by atoms with Gasteiger partial charge < -0.3 is 14.2 Å². The lowest BCUT2D eigenvalue weighted by Crippen LogP contribution is -2.51. The summed E-state index contributed by atoms with van der Waals surface area (Å²) in [5.41, 5.74) is 5.81. The van der Waals surface area contributed by atoms with Crippen molar-refractivity contribution in [2.75, 3.05) is 13.2 Å². The van der Waals surface area contributed by atoms with Gasteiger partial charge in [-0.25, -0.2) is 4.79 Å². The Labute approximate surface area is 174 Å². The number of fused-ring (bicyclic) bond motifs is 1. The summed E-state index contributed by atoms with van der Waals surface area (Å²) in [5.74, 6) is -0.894. The van der Waals surface area contributed by atoms with Crippen LogP contribution in [0.3, 0.4) is 0 Å². The summed E-state index contributed by atoms with van der Waals surface area (Å²) in [6.45, 7) is 5.69. The van der Waals surface area contributed by atoms with Gasteiger partial charge in [-0.3, -0.25) is 20.4 Å². The van der Waals surface area contributed by atoms with E-state index in [2.05, 4.69) is 31.6 Å². The van der Waals surface area contributed by atoms with Gasteiger partial charge in [0.25, 0.3) is 11.8 Å². The van der Waals surface area contributed by atoms with E-state index in [0.29, 0.717) is 17.1 Å². The molecule has 0 saturated heterocycles. The molecule has 0 aliphatic carbocycles. The van der Waals surface area contributed by atoms with Crippen molar-refractivity contribution < 1.29 is 28.6 Å². The summed E-state index contributed by atoms with van der Waals surface area (Å²) in [7, 11) is 0. The lowest BCUT2D eigenvalue weighted by Gasteiger charge is -2.25. The second-order valence-electron chi connectivity index (χ2n) is 7.81. The number of hydrogen-bond acceptors (Lipinski definition) is 6. The van der Waals surface area contributed by atoms with E-state index in [1.54, 1.807) is 36.4 Å². The third-order valence-electron chi connectivity index (χ3n) is 4.45. The minimum absolute atomic E-state index is 0.0122. The lowest BCUT2D eigenvalue weighted by molar-refractivity contribution is -0.135. The molecule has 0 aromatic heterocycles. The highest BCUT2D eigenvalue weighted by molar-refractivity contribution is 5.92. The second kappa shape index (κ2) is 8.86. The molecule has 0 unspecified atom stereocenters. The van der Waals surface area contributed by atoms with Gasteiger partial charge in [0.05, 0.1) is 5.56 Å². The molecular weight excluding hydrogens is 388 g/mol. The molecule has 1 atom stereocenters. The number of rotatable bonds is 4. The number of ether oxygens (including phenoxy) is 3. The molecule has 0 radical (unpaired) electrons. The van der Waals surface area contributed by atoms with Crippen LogP contribution in [0.2, 0.25) is 0 Å². The molecule has 0 fully saturated rings. The zero-order valence-corrected chi connectivity index (χ0v) is 17.1. The molecule has 8 heteroatoms. The van der Waals surface area contributed by atoms with E-state index in [9.17, 15) is 14.4 Å². The Morgan fingerprint density at radius 3 is 2.33 bits per heavy atom. The predicted molar refractivity (Wildman–Crippen MR) is 108 cm³/mol. The van der Waals surface area contributed by atoms with Crippen LogP contribution in [0.15, 0.2) is 48.5 Å². The molecule has 2 aromatic carbocycles. The van der Waals surface area contributed by atoms with Crippen LogP contribution in [0.25, 0.3) is 0 Å². The summed E-state index contributed by atoms with van der Waals surface area (Å²) in [5, 5.41) is 0. The number of nitrogens with one attached hydrogen (secondary N) is 2. The zero-order chi connectivity index (χ0) is 21.7. The molecule has 0 bridgehead atoms. The highest BCUT2D eigenvalue weighted by Crippen LogP contribution is 2.30. The molecule has 2 N–H and O–H groups in total. The van der Waals surface area contributed by atoms with Crippen LogP contribution in [0, 0.1) is 0 Å². The van der Waals surface area contributed by atoms with E-state index in [1.807, 2.05) is 12.1 Å². The molecule has 30 heavy (non-hydrogen) atoms. The second-order valence-corrected chi connectivity index (χ2v) is 7.81. The van der Waals surface area contributed by atoms with Crippen molar-refractivity contribution in [3.8, 4) is 11.5 Å². The summed E-state index contributed by atoms with van der Waals surface area (Å²) >= 11 is 0. The zero-order valence-electron chi connectivity index (χ0n) is 17.1. The Morgan fingerprint density at radius 2 is 1.67 bits per heavy atom. The van der Waals surface area contributed by atoms with Crippen molar-refractivity contribution in [3.05, 3.63) is 59.7 Å². The molecule has 2 amide bonds. The van der Waals surface area contributed by atoms with E-state index >= 15 is 0 Å². The van der Waals surface area contributed by atoms with Gasteiger partial charge in [0, 0.05) is 0 Å². The number of benzene rings is 2. The van der Waals surface area contributed by atoms with Crippen LogP contribution in [-0.4, -0.2) is 37.1 Å². The van der Waals surface area contributed by atoms with E-state index in [1.165, 1.54) is 0 Å². The molecule has 1 heterocycles. The number of hydrogen-bond donors (Lipinski definition) is 2. The van der Waals surface area contributed by atoms with Crippen molar-refractivity contribution in [1.82, 2.24) is 10.9 Å². The van der Waals surface area contributed by atoms with E-state index in [-0.39, 0.29) is 12.0 Å². The predicted octanol–water partition coefficient (Wildman–Crippen LogP) is 2.13. The minimum Gasteiger partial charge on any atom is -0.485 e. The maximum Gasteiger partial charge on any atom is 0.338 e. The topological polar surface area (TPSA) is 103 Å². The van der Waals surface area contributed by atoms with Crippen LogP contribution < -0.4 is 20.3 Å². The van der Waals surface area contributed by atoms with E-state index < -0.39 is 30.5 Å². The first-order chi connectivity index (χ1) is 14.2. The Balaban J connectivity index is 1.42. The largest absolute Gasteiger partial charge is 0.485 e. The van der Waals surface area contributed by atoms with E-state index in [0.717, 1.165) is 5.56 Å². The van der Waals surface area contributed by atoms with Gasteiger partial charge in [-0.1, -0.05) is 45.0 Å². The smallest absolute Gasteiger partial charge is 0.338 e. The Bertz CT molecular complexity index is 933. The van der Waals surface area contributed by atoms with Gasteiger partial charge in [-0.2, -0.15) is 0 Å². The molecule has 2 aromatic rings. The van der Waals surface area contributed by atoms with Gasteiger partial charge in [0.15, 0.2) is 18.1 Å². The van der Waals surface area contributed by atoms with Crippen LogP contribution in [0.5, 0.6) is 11.5 Å². The fraction of sp³-hybridized carbons (Fsp3) is 0.318. The fourth-order valence-corrected chi connectivity index (χ4v) is 2.72. The number of carbonyl (C=O) groups is 3. The number of hydrazine groups is 1. The molecule has 0 saturated carbocycles. The molecule has 3 rings (SSSR count). The molecule has 0 spiro atoms. The molecule has 1 aliphatic rings.